The number of nitrogens with one attached hydrogen (secondary N) is 2. The van der Waals surface area contributed by atoms with Gasteiger partial charge in [0.2, 0.25) is 0 Å². The van der Waals surface area contributed by atoms with Gasteiger partial charge in [-0.1, -0.05) is 18.2 Å². The van der Waals surface area contributed by atoms with Crippen LogP contribution in [-0.2, 0) is 11.3 Å². The number of amides is 2. The minimum Gasteiger partial charge on any atom is -0.484 e. The predicted molar refractivity (Wildman–Crippen MR) is 109 cm³/mol. The van der Waals surface area contributed by atoms with Crippen LogP contribution in [0.25, 0.3) is 0 Å². The van der Waals surface area contributed by atoms with E-state index in [1.54, 1.807) is 24.5 Å². The van der Waals surface area contributed by atoms with Gasteiger partial charge in [0, 0.05) is 24.7 Å². The number of furan rings is 1. The van der Waals surface area contributed by atoms with Gasteiger partial charge in [-0.3, -0.25) is 14.7 Å². The lowest BCUT2D eigenvalue weighted by atomic mass is 9.93. The fourth-order valence-corrected chi connectivity index (χ4v) is 3.53. The molecule has 1 fully saturated rings. The van der Waals surface area contributed by atoms with E-state index in [-0.39, 0.29) is 24.3 Å². The van der Waals surface area contributed by atoms with Crippen molar-refractivity contribution < 1.29 is 18.7 Å². The Balaban J connectivity index is 1.24. The molecule has 3 aromatic rings. The molecular formula is C22H24N4O4. The number of likely N-dealkylation sites (tertiary alicyclic amines) is 1. The van der Waals surface area contributed by atoms with E-state index in [1.165, 1.54) is 0 Å². The summed E-state index contributed by atoms with van der Waals surface area (Å²) in [4.78, 5) is 26.5. The lowest BCUT2D eigenvalue weighted by Crippen LogP contribution is -2.40. The topological polar surface area (TPSA) is 100 Å². The molecular weight excluding hydrogens is 384 g/mol. The molecule has 0 saturated carbocycles. The first-order valence-electron chi connectivity index (χ1n) is 10.0. The van der Waals surface area contributed by atoms with Crippen molar-refractivity contribution >= 4 is 11.8 Å². The summed E-state index contributed by atoms with van der Waals surface area (Å²) in [6.07, 6.45) is 3.19. The molecule has 156 valence electrons. The summed E-state index contributed by atoms with van der Waals surface area (Å²) in [6.45, 7) is 1.67. The maximum absolute atomic E-state index is 12.4. The van der Waals surface area contributed by atoms with Crippen LogP contribution in [0.15, 0.2) is 59.2 Å². The number of nitrogens with zero attached hydrogens (tertiary/aromatic N) is 2. The number of hydrogen-bond acceptors (Lipinski definition) is 5. The maximum atomic E-state index is 12.4. The summed E-state index contributed by atoms with van der Waals surface area (Å²) in [7, 11) is 0. The lowest BCUT2D eigenvalue weighted by molar-refractivity contribution is -0.134. The Morgan fingerprint density at radius 2 is 1.97 bits per heavy atom. The fraction of sp³-hybridized carbons (Fsp3) is 0.318. The average Bonchev–Trinajstić information content (AvgIpc) is 3.49. The molecule has 2 aromatic heterocycles. The number of carbonyl (C=O) groups is 2. The number of benzene rings is 1. The second-order valence-corrected chi connectivity index (χ2v) is 7.23. The molecule has 8 heteroatoms. The minimum absolute atomic E-state index is 0.0140. The van der Waals surface area contributed by atoms with Gasteiger partial charge in [0.05, 0.1) is 12.8 Å². The first-order chi connectivity index (χ1) is 14.7. The molecule has 1 aliphatic heterocycles. The first-order valence-corrected chi connectivity index (χ1v) is 10.0. The van der Waals surface area contributed by atoms with Gasteiger partial charge in [-0.15, -0.1) is 0 Å². The average molecular weight is 408 g/mol. The van der Waals surface area contributed by atoms with Gasteiger partial charge in [-0.2, -0.15) is 5.10 Å². The summed E-state index contributed by atoms with van der Waals surface area (Å²) < 4.78 is 10.8. The zero-order valence-corrected chi connectivity index (χ0v) is 16.5. The van der Waals surface area contributed by atoms with Gasteiger partial charge in [-0.05, 0) is 43.2 Å². The van der Waals surface area contributed by atoms with Crippen molar-refractivity contribution in [2.75, 3.05) is 19.7 Å². The van der Waals surface area contributed by atoms with Gasteiger partial charge in [-0.25, -0.2) is 0 Å². The predicted octanol–water partition coefficient (Wildman–Crippen LogP) is 2.72. The van der Waals surface area contributed by atoms with Gasteiger partial charge >= 0.3 is 0 Å². The first kappa shape index (κ1) is 19.8. The number of aromatic nitrogens is 2. The molecule has 0 unspecified atom stereocenters. The lowest BCUT2D eigenvalue weighted by Gasteiger charge is -2.31. The SMILES string of the molecule is O=C(NCc1ccco1)c1cc(C2CCN(C(=O)COc3ccccc3)CC2)[nH]n1. The largest absolute Gasteiger partial charge is 0.484 e. The monoisotopic (exact) mass is 408 g/mol. The number of carbonyl (C=O) groups excluding carboxylic acids is 2. The van der Waals surface area contributed by atoms with Crippen molar-refractivity contribution in [2.24, 2.45) is 0 Å². The number of rotatable bonds is 7. The molecule has 0 bridgehead atoms. The van der Waals surface area contributed by atoms with Crippen LogP contribution in [0.2, 0.25) is 0 Å². The van der Waals surface area contributed by atoms with Crippen LogP contribution in [0.5, 0.6) is 5.75 Å². The van der Waals surface area contributed by atoms with Crippen LogP contribution < -0.4 is 10.1 Å². The molecule has 0 radical (unpaired) electrons. The van der Waals surface area contributed by atoms with Crippen molar-refractivity contribution in [3.05, 3.63) is 71.9 Å². The van der Waals surface area contributed by atoms with Gasteiger partial charge in [0.15, 0.2) is 6.61 Å². The van der Waals surface area contributed by atoms with Crippen LogP contribution in [-0.4, -0.2) is 46.6 Å². The number of piperidine rings is 1. The van der Waals surface area contributed by atoms with Crippen molar-refractivity contribution in [3.63, 3.8) is 0 Å². The van der Waals surface area contributed by atoms with Crippen LogP contribution >= 0.6 is 0 Å². The highest BCUT2D eigenvalue weighted by atomic mass is 16.5. The second-order valence-electron chi connectivity index (χ2n) is 7.23. The molecule has 1 saturated heterocycles. The Morgan fingerprint density at radius 1 is 1.17 bits per heavy atom. The molecule has 2 N–H and O–H groups in total. The summed E-state index contributed by atoms with van der Waals surface area (Å²) in [6, 6.07) is 14.7. The third-order valence-corrected chi connectivity index (χ3v) is 5.23. The highest BCUT2D eigenvalue weighted by Gasteiger charge is 2.26. The normalized spacial score (nSPS) is 14.5. The number of ether oxygens (including phenoxy) is 1. The molecule has 0 aliphatic carbocycles. The van der Waals surface area contributed by atoms with Crippen LogP contribution in [0.4, 0.5) is 0 Å². The Bertz CT molecular complexity index is 960. The number of aromatic amines is 1. The quantitative estimate of drug-likeness (QED) is 0.626. The van der Waals surface area contributed by atoms with Gasteiger partial charge in [0.25, 0.3) is 11.8 Å². The Labute approximate surface area is 174 Å². The van der Waals surface area contributed by atoms with E-state index >= 15 is 0 Å². The molecule has 2 amide bonds. The van der Waals surface area contributed by atoms with E-state index in [0.29, 0.717) is 36.8 Å². The molecule has 1 aromatic carbocycles. The van der Waals surface area contributed by atoms with E-state index in [0.717, 1.165) is 18.5 Å². The number of para-hydroxylation sites is 1. The molecule has 4 rings (SSSR count). The van der Waals surface area contributed by atoms with E-state index in [2.05, 4.69) is 15.5 Å². The maximum Gasteiger partial charge on any atom is 0.272 e. The number of hydrogen-bond donors (Lipinski definition) is 2. The van der Waals surface area contributed by atoms with Crippen molar-refractivity contribution in [1.82, 2.24) is 20.4 Å². The summed E-state index contributed by atoms with van der Waals surface area (Å²) in [5, 5.41) is 9.90. The Hall–Kier alpha value is -3.55. The van der Waals surface area contributed by atoms with Gasteiger partial charge in [0.1, 0.15) is 17.2 Å². The van der Waals surface area contributed by atoms with E-state index in [1.807, 2.05) is 35.2 Å². The molecule has 30 heavy (non-hydrogen) atoms. The van der Waals surface area contributed by atoms with Gasteiger partial charge < -0.3 is 19.4 Å². The zero-order valence-electron chi connectivity index (χ0n) is 16.5. The van der Waals surface area contributed by atoms with Crippen LogP contribution in [0.1, 0.15) is 40.7 Å². The molecule has 0 atom stereocenters. The summed E-state index contributed by atoms with van der Waals surface area (Å²) in [5.74, 6) is 1.35. The van der Waals surface area contributed by atoms with E-state index in [4.69, 9.17) is 9.15 Å². The van der Waals surface area contributed by atoms with Crippen LogP contribution in [0, 0.1) is 0 Å². The standard InChI is InChI=1S/C22H24N4O4/c27-21(15-30-17-5-2-1-3-6-17)26-10-8-16(9-11-26)19-13-20(25-24-19)22(28)23-14-18-7-4-12-29-18/h1-7,12-13,16H,8-11,14-15H2,(H,23,28)(H,24,25). The van der Waals surface area contributed by atoms with Crippen molar-refractivity contribution in [1.29, 1.82) is 0 Å². The number of H-pyrrole nitrogens is 1. The van der Waals surface area contributed by atoms with E-state index < -0.39 is 0 Å². The summed E-state index contributed by atoms with van der Waals surface area (Å²) in [5.41, 5.74) is 1.28. The molecule has 8 nitrogen and oxygen atoms in total. The molecule has 3 heterocycles. The Morgan fingerprint density at radius 3 is 2.70 bits per heavy atom. The minimum atomic E-state index is -0.250. The van der Waals surface area contributed by atoms with Crippen molar-refractivity contribution in [2.45, 2.75) is 25.3 Å². The molecule has 0 spiro atoms. The smallest absolute Gasteiger partial charge is 0.272 e. The van der Waals surface area contributed by atoms with Crippen LogP contribution in [0.3, 0.4) is 0 Å². The highest BCUT2D eigenvalue weighted by Crippen LogP contribution is 2.27. The second kappa shape index (κ2) is 9.30. The third-order valence-electron chi connectivity index (χ3n) is 5.23. The zero-order chi connectivity index (χ0) is 20.8. The van der Waals surface area contributed by atoms with E-state index in [9.17, 15) is 9.59 Å². The summed E-state index contributed by atoms with van der Waals surface area (Å²) >= 11 is 0. The Kier molecular flexibility index (Phi) is 6.12. The third kappa shape index (κ3) is 4.89. The van der Waals surface area contributed by atoms with Crippen molar-refractivity contribution in [3.8, 4) is 5.75 Å². The molecule has 1 aliphatic rings. The fourth-order valence-electron chi connectivity index (χ4n) is 3.53. The highest BCUT2D eigenvalue weighted by molar-refractivity contribution is 5.92.